The molecule has 0 aliphatic carbocycles. The molecule has 1 heterocycles. The lowest BCUT2D eigenvalue weighted by molar-refractivity contribution is -0.137. The van der Waals surface area contributed by atoms with Crippen LogP contribution in [0.4, 0.5) is 0 Å². The van der Waals surface area contributed by atoms with Gasteiger partial charge in [-0.1, -0.05) is 48.5 Å². The summed E-state index contributed by atoms with van der Waals surface area (Å²) in [6, 6.07) is 19.8. The second kappa shape index (κ2) is 5.76. The van der Waals surface area contributed by atoms with Crippen molar-refractivity contribution in [1.29, 1.82) is 0 Å². The van der Waals surface area contributed by atoms with Crippen LogP contribution in [0.15, 0.2) is 60.7 Å². The quantitative estimate of drug-likeness (QED) is 0.271. The monoisotopic (exact) mass is 393 g/mol. The number of nitrogens with zero attached hydrogens (tertiary/aromatic N) is 1. The molecule has 30 heavy (non-hydrogen) atoms. The van der Waals surface area contributed by atoms with E-state index < -0.39 is 17.8 Å². The maximum absolute atomic E-state index is 13.1. The summed E-state index contributed by atoms with van der Waals surface area (Å²) in [6.07, 6.45) is -0.276. The fourth-order valence-corrected chi connectivity index (χ4v) is 4.88. The number of imide groups is 1. The Hall–Kier alpha value is -3.99. The van der Waals surface area contributed by atoms with Crippen molar-refractivity contribution in [1.82, 2.24) is 4.90 Å². The zero-order valence-electron chi connectivity index (χ0n) is 15.8. The van der Waals surface area contributed by atoms with Crippen LogP contribution in [0.3, 0.4) is 0 Å². The molecule has 0 aromatic heterocycles. The predicted molar refractivity (Wildman–Crippen MR) is 115 cm³/mol. The average Bonchev–Trinajstić information content (AvgIpc) is 2.75. The summed E-state index contributed by atoms with van der Waals surface area (Å²) in [6.45, 7) is -0.139. The van der Waals surface area contributed by atoms with E-state index in [2.05, 4.69) is 24.3 Å². The van der Waals surface area contributed by atoms with Crippen molar-refractivity contribution in [2.75, 3.05) is 6.54 Å². The highest BCUT2D eigenvalue weighted by molar-refractivity contribution is 6.38. The normalized spacial score (nSPS) is 13.9. The van der Waals surface area contributed by atoms with Gasteiger partial charge in [0.25, 0.3) is 11.8 Å². The average molecular weight is 393 g/mol. The zero-order chi connectivity index (χ0) is 20.6. The van der Waals surface area contributed by atoms with Crippen molar-refractivity contribution < 1.29 is 19.5 Å². The van der Waals surface area contributed by atoms with E-state index in [1.54, 1.807) is 12.1 Å². The van der Waals surface area contributed by atoms with Crippen molar-refractivity contribution in [3.63, 3.8) is 0 Å². The fraction of sp³-hybridized carbons (Fsp3) is 0.0800. The van der Waals surface area contributed by atoms with Gasteiger partial charge >= 0.3 is 5.97 Å². The lowest BCUT2D eigenvalue weighted by Gasteiger charge is -2.28. The highest BCUT2D eigenvalue weighted by Crippen LogP contribution is 2.43. The van der Waals surface area contributed by atoms with Crippen molar-refractivity contribution in [3.8, 4) is 0 Å². The van der Waals surface area contributed by atoms with E-state index in [0.29, 0.717) is 16.5 Å². The Morgan fingerprint density at radius 2 is 1.23 bits per heavy atom. The summed E-state index contributed by atoms with van der Waals surface area (Å²) >= 11 is 0. The lowest BCUT2D eigenvalue weighted by Crippen LogP contribution is -2.41. The molecular weight excluding hydrogens is 378 g/mol. The van der Waals surface area contributed by atoms with E-state index >= 15 is 0 Å². The van der Waals surface area contributed by atoms with Crippen LogP contribution in [0, 0.1) is 0 Å². The largest absolute Gasteiger partial charge is 0.481 e. The van der Waals surface area contributed by atoms with Crippen LogP contribution in [0.25, 0.3) is 43.1 Å². The minimum Gasteiger partial charge on any atom is -0.481 e. The summed E-state index contributed by atoms with van der Waals surface area (Å²) in [5.74, 6) is -1.92. The molecule has 1 aliphatic rings. The molecule has 5 heteroatoms. The van der Waals surface area contributed by atoms with Crippen LogP contribution in [0.5, 0.6) is 0 Å². The molecule has 0 unspecified atom stereocenters. The number of rotatable bonds is 3. The predicted octanol–water partition coefficient (Wildman–Crippen LogP) is 4.81. The number of benzene rings is 5. The van der Waals surface area contributed by atoms with E-state index in [0.717, 1.165) is 37.2 Å². The lowest BCUT2D eigenvalue weighted by atomic mass is 9.85. The minimum atomic E-state index is -1.05. The van der Waals surface area contributed by atoms with Gasteiger partial charge in [0.1, 0.15) is 0 Å². The SMILES string of the molecule is O=C(O)CCN1C(=O)c2ccc3c4cccc5cccc(c6ccc(c2c36)C1=O)c54. The molecule has 5 nitrogen and oxygen atoms in total. The van der Waals surface area contributed by atoms with Gasteiger partial charge in [-0.05, 0) is 49.8 Å². The maximum atomic E-state index is 13.1. The van der Waals surface area contributed by atoms with Crippen molar-refractivity contribution >= 4 is 60.9 Å². The number of fused-ring (bicyclic) bond motifs is 2. The van der Waals surface area contributed by atoms with Crippen molar-refractivity contribution in [2.24, 2.45) is 0 Å². The number of carboxylic acids is 1. The van der Waals surface area contributed by atoms with Crippen molar-refractivity contribution in [2.45, 2.75) is 6.42 Å². The third kappa shape index (κ3) is 2.04. The molecule has 0 radical (unpaired) electrons. The van der Waals surface area contributed by atoms with Gasteiger partial charge in [0.2, 0.25) is 0 Å². The second-order valence-corrected chi connectivity index (χ2v) is 7.69. The Bertz CT molecular complexity index is 1470. The Balaban J connectivity index is 1.74. The van der Waals surface area contributed by atoms with Gasteiger partial charge in [0.15, 0.2) is 0 Å². The van der Waals surface area contributed by atoms with Crippen LogP contribution in [-0.2, 0) is 4.79 Å². The topological polar surface area (TPSA) is 74.7 Å². The van der Waals surface area contributed by atoms with Crippen LogP contribution in [0.1, 0.15) is 27.1 Å². The third-order valence-electron chi connectivity index (χ3n) is 6.15. The first-order valence-corrected chi connectivity index (χ1v) is 9.76. The van der Waals surface area contributed by atoms with Gasteiger partial charge in [-0.15, -0.1) is 0 Å². The highest BCUT2D eigenvalue weighted by Gasteiger charge is 2.34. The van der Waals surface area contributed by atoms with Crippen LogP contribution in [0.2, 0.25) is 0 Å². The van der Waals surface area contributed by atoms with Crippen molar-refractivity contribution in [3.05, 3.63) is 71.8 Å². The Morgan fingerprint density at radius 3 is 1.77 bits per heavy atom. The molecule has 0 atom stereocenters. The summed E-state index contributed by atoms with van der Waals surface area (Å²) in [4.78, 5) is 38.2. The molecule has 5 aromatic carbocycles. The number of amides is 2. The molecule has 0 saturated carbocycles. The van der Waals surface area contributed by atoms with Gasteiger partial charge in [-0.3, -0.25) is 19.3 Å². The van der Waals surface area contributed by atoms with E-state index in [-0.39, 0.29) is 13.0 Å². The maximum Gasteiger partial charge on any atom is 0.305 e. The van der Waals surface area contributed by atoms with E-state index in [1.165, 1.54) is 5.39 Å². The number of aliphatic carboxylic acids is 1. The third-order valence-corrected chi connectivity index (χ3v) is 6.15. The Morgan fingerprint density at radius 1 is 0.700 bits per heavy atom. The minimum absolute atomic E-state index is 0.139. The Kier molecular flexibility index (Phi) is 3.25. The second-order valence-electron chi connectivity index (χ2n) is 7.69. The molecule has 6 rings (SSSR count). The number of hydrogen-bond donors (Lipinski definition) is 1. The molecule has 0 saturated heterocycles. The number of hydrogen-bond acceptors (Lipinski definition) is 3. The van der Waals surface area contributed by atoms with Gasteiger partial charge in [0.05, 0.1) is 6.42 Å². The Labute approximate surface area is 170 Å². The molecule has 1 N–H and O–H groups in total. The number of carbonyl (C=O) groups is 3. The van der Waals surface area contributed by atoms with Crippen LogP contribution in [-0.4, -0.2) is 34.3 Å². The van der Waals surface area contributed by atoms with E-state index in [9.17, 15) is 14.4 Å². The number of carboxylic acid groups (broad SMARTS) is 1. The first-order chi connectivity index (χ1) is 14.6. The molecular formula is C25H15NO4. The molecule has 144 valence electrons. The van der Waals surface area contributed by atoms with Gasteiger partial charge < -0.3 is 5.11 Å². The summed E-state index contributed by atoms with van der Waals surface area (Å²) < 4.78 is 0. The van der Waals surface area contributed by atoms with Gasteiger partial charge in [-0.2, -0.15) is 0 Å². The number of carbonyl (C=O) groups excluding carboxylic acids is 2. The van der Waals surface area contributed by atoms with Crippen LogP contribution < -0.4 is 0 Å². The first-order valence-electron chi connectivity index (χ1n) is 9.76. The smallest absolute Gasteiger partial charge is 0.305 e. The summed E-state index contributed by atoms with van der Waals surface area (Å²) in [5.41, 5.74) is 0.893. The highest BCUT2D eigenvalue weighted by atomic mass is 16.4. The molecule has 0 bridgehead atoms. The van der Waals surface area contributed by atoms with E-state index in [1.807, 2.05) is 24.3 Å². The standard InChI is InChI=1S/C25H15NO4/c27-20(28)11-12-26-24(29)18-9-7-16-14-5-1-3-13-4-2-6-15(21(13)14)17-8-10-19(25(26)30)23(18)22(16)17/h1-10H,11-12H2,(H,27,28). The first kappa shape index (κ1) is 16.9. The summed E-state index contributed by atoms with van der Waals surface area (Å²) in [7, 11) is 0. The van der Waals surface area contributed by atoms with Crippen LogP contribution >= 0.6 is 0 Å². The van der Waals surface area contributed by atoms with E-state index in [4.69, 9.17) is 5.11 Å². The summed E-state index contributed by atoms with van der Waals surface area (Å²) in [5, 5.41) is 17.1. The van der Waals surface area contributed by atoms with Gasteiger partial charge in [-0.25, -0.2) is 0 Å². The zero-order valence-corrected chi connectivity index (χ0v) is 15.8. The van der Waals surface area contributed by atoms with Gasteiger partial charge in [0, 0.05) is 23.1 Å². The molecule has 0 fully saturated rings. The molecule has 1 aliphatic heterocycles. The molecule has 0 spiro atoms. The molecule has 5 aromatic rings. The fourth-order valence-electron chi connectivity index (χ4n) is 4.88. The molecule has 2 amide bonds.